The zero-order valence-electron chi connectivity index (χ0n) is 11.7. The summed E-state index contributed by atoms with van der Waals surface area (Å²) in [4.78, 5) is 23.7. The molecule has 1 aliphatic heterocycles. The lowest BCUT2D eigenvalue weighted by atomic mass is 10.0. The number of amides is 1. The molecule has 0 aromatic heterocycles. The molecule has 0 spiro atoms. The highest BCUT2D eigenvalue weighted by Gasteiger charge is 2.33. The fourth-order valence-corrected chi connectivity index (χ4v) is 2.31. The van der Waals surface area contributed by atoms with Crippen molar-refractivity contribution in [3.63, 3.8) is 0 Å². The predicted octanol–water partition coefficient (Wildman–Crippen LogP) is 1.90. The van der Waals surface area contributed by atoms with Gasteiger partial charge >= 0.3 is 6.18 Å². The standard InChI is InChI=1S/C13H14F3N3O3/c1-18-6-8(7-18)5-17-12(20)9-2-10(13(14,15)16)4-11(3-9)19(21)22/h2-4,8H,5-7H2,1H3,(H,17,20). The molecule has 1 N–H and O–H groups in total. The molecule has 1 aromatic carbocycles. The third kappa shape index (κ3) is 3.73. The van der Waals surface area contributed by atoms with Gasteiger partial charge in [0.1, 0.15) is 0 Å². The van der Waals surface area contributed by atoms with Gasteiger partial charge in [-0.25, -0.2) is 0 Å². The van der Waals surface area contributed by atoms with Gasteiger partial charge in [0.05, 0.1) is 10.5 Å². The van der Waals surface area contributed by atoms with Crippen molar-refractivity contribution in [1.29, 1.82) is 0 Å². The highest BCUT2D eigenvalue weighted by atomic mass is 19.4. The lowest BCUT2D eigenvalue weighted by molar-refractivity contribution is -0.385. The molecule has 1 fully saturated rings. The van der Waals surface area contributed by atoms with Crippen LogP contribution in [0.3, 0.4) is 0 Å². The van der Waals surface area contributed by atoms with E-state index in [4.69, 9.17) is 0 Å². The number of alkyl halides is 3. The van der Waals surface area contributed by atoms with Crippen LogP contribution < -0.4 is 5.32 Å². The van der Waals surface area contributed by atoms with E-state index in [1.165, 1.54) is 0 Å². The smallest absolute Gasteiger partial charge is 0.352 e. The third-order valence-electron chi connectivity index (χ3n) is 3.41. The largest absolute Gasteiger partial charge is 0.416 e. The van der Waals surface area contributed by atoms with E-state index >= 15 is 0 Å². The summed E-state index contributed by atoms with van der Waals surface area (Å²) >= 11 is 0. The molecule has 2 rings (SSSR count). The van der Waals surface area contributed by atoms with Gasteiger partial charge < -0.3 is 10.2 Å². The predicted molar refractivity (Wildman–Crippen MR) is 71.4 cm³/mol. The van der Waals surface area contributed by atoms with E-state index < -0.39 is 28.3 Å². The second-order valence-corrected chi connectivity index (χ2v) is 5.32. The quantitative estimate of drug-likeness (QED) is 0.680. The van der Waals surface area contributed by atoms with Gasteiger partial charge in [0.15, 0.2) is 0 Å². The van der Waals surface area contributed by atoms with Gasteiger partial charge in [0, 0.05) is 43.2 Å². The van der Waals surface area contributed by atoms with E-state index in [0.717, 1.165) is 19.2 Å². The Balaban J connectivity index is 2.16. The lowest BCUT2D eigenvalue weighted by Gasteiger charge is -2.36. The second kappa shape index (κ2) is 5.91. The molecule has 0 atom stereocenters. The van der Waals surface area contributed by atoms with Gasteiger partial charge in [0.2, 0.25) is 0 Å². The SMILES string of the molecule is CN1CC(CNC(=O)c2cc([N+](=O)[O-])cc(C(F)(F)F)c2)C1. The first-order valence-electron chi connectivity index (χ1n) is 6.50. The number of hydrogen-bond acceptors (Lipinski definition) is 4. The zero-order chi connectivity index (χ0) is 16.5. The van der Waals surface area contributed by atoms with E-state index in [0.29, 0.717) is 18.7 Å². The Hall–Kier alpha value is -2.16. The summed E-state index contributed by atoms with van der Waals surface area (Å²) < 4.78 is 38.2. The summed E-state index contributed by atoms with van der Waals surface area (Å²) in [7, 11) is 1.91. The van der Waals surface area contributed by atoms with Gasteiger partial charge in [0.25, 0.3) is 11.6 Å². The van der Waals surface area contributed by atoms with E-state index in [1.54, 1.807) is 0 Å². The van der Waals surface area contributed by atoms with Crippen LogP contribution >= 0.6 is 0 Å². The molecule has 1 saturated heterocycles. The Morgan fingerprint density at radius 2 is 2.05 bits per heavy atom. The first-order chi connectivity index (χ1) is 10.2. The van der Waals surface area contributed by atoms with Crippen LogP contribution in [0.2, 0.25) is 0 Å². The van der Waals surface area contributed by atoms with Crippen LogP contribution in [0, 0.1) is 16.0 Å². The molecule has 120 valence electrons. The van der Waals surface area contributed by atoms with Gasteiger partial charge in [-0.3, -0.25) is 14.9 Å². The number of rotatable bonds is 4. The number of hydrogen-bond donors (Lipinski definition) is 1. The summed E-state index contributed by atoms with van der Waals surface area (Å²) in [6.45, 7) is 1.92. The number of nitrogens with zero attached hydrogens (tertiary/aromatic N) is 2. The van der Waals surface area contributed by atoms with Crippen LogP contribution in [0.25, 0.3) is 0 Å². The average molecular weight is 317 g/mol. The van der Waals surface area contributed by atoms with Crippen LogP contribution in [0.4, 0.5) is 18.9 Å². The number of halogens is 3. The molecule has 1 aromatic rings. The van der Waals surface area contributed by atoms with Crippen molar-refractivity contribution in [2.45, 2.75) is 6.18 Å². The monoisotopic (exact) mass is 317 g/mol. The minimum absolute atomic E-state index is 0.245. The number of non-ortho nitro benzene ring substituents is 1. The Bertz CT molecular complexity index is 598. The molecule has 0 unspecified atom stereocenters. The van der Waals surface area contributed by atoms with Gasteiger partial charge in [-0.1, -0.05) is 0 Å². The van der Waals surface area contributed by atoms with E-state index in [-0.39, 0.29) is 11.5 Å². The number of carbonyl (C=O) groups is 1. The fraction of sp³-hybridized carbons (Fsp3) is 0.462. The maximum Gasteiger partial charge on any atom is 0.416 e. The molecule has 0 bridgehead atoms. The summed E-state index contributed by atoms with van der Waals surface area (Å²) in [6.07, 6.45) is -4.75. The fourth-order valence-electron chi connectivity index (χ4n) is 2.31. The van der Waals surface area contributed by atoms with Crippen molar-refractivity contribution >= 4 is 11.6 Å². The topological polar surface area (TPSA) is 75.5 Å². The molecule has 0 radical (unpaired) electrons. The van der Waals surface area contributed by atoms with Crippen LogP contribution in [0.1, 0.15) is 15.9 Å². The lowest BCUT2D eigenvalue weighted by Crippen LogP contribution is -2.49. The van der Waals surface area contributed by atoms with Crippen molar-refractivity contribution < 1.29 is 22.9 Å². The molecular weight excluding hydrogens is 303 g/mol. The Kier molecular flexibility index (Phi) is 4.36. The van der Waals surface area contributed by atoms with Crippen molar-refractivity contribution in [2.75, 3.05) is 26.7 Å². The minimum Gasteiger partial charge on any atom is -0.352 e. The zero-order valence-corrected chi connectivity index (χ0v) is 11.7. The van der Waals surface area contributed by atoms with Crippen molar-refractivity contribution in [3.05, 3.63) is 39.4 Å². The number of nitro groups is 1. The second-order valence-electron chi connectivity index (χ2n) is 5.32. The van der Waals surface area contributed by atoms with E-state index in [2.05, 4.69) is 5.32 Å². The van der Waals surface area contributed by atoms with E-state index in [9.17, 15) is 28.1 Å². The minimum atomic E-state index is -4.75. The molecule has 6 nitrogen and oxygen atoms in total. The maximum atomic E-state index is 12.7. The molecular formula is C13H14F3N3O3. The number of carbonyl (C=O) groups excluding carboxylic acids is 1. The van der Waals surface area contributed by atoms with E-state index in [1.807, 2.05) is 11.9 Å². The van der Waals surface area contributed by atoms with Crippen molar-refractivity contribution in [1.82, 2.24) is 10.2 Å². The molecule has 0 saturated carbocycles. The number of likely N-dealkylation sites (tertiary alicyclic amines) is 1. The van der Waals surface area contributed by atoms with Gasteiger partial charge in [-0.05, 0) is 13.1 Å². The number of benzene rings is 1. The highest BCUT2D eigenvalue weighted by Crippen LogP contribution is 2.32. The molecule has 22 heavy (non-hydrogen) atoms. The Labute approximate surface area is 124 Å². The van der Waals surface area contributed by atoms with Crippen LogP contribution in [-0.2, 0) is 6.18 Å². The van der Waals surface area contributed by atoms with Gasteiger partial charge in [-0.15, -0.1) is 0 Å². The van der Waals surface area contributed by atoms with Crippen LogP contribution in [0.5, 0.6) is 0 Å². The molecule has 1 heterocycles. The first kappa shape index (κ1) is 16.2. The Morgan fingerprint density at radius 1 is 1.41 bits per heavy atom. The van der Waals surface area contributed by atoms with Crippen LogP contribution in [-0.4, -0.2) is 42.4 Å². The van der Waals surface area contributed by atoms with Crippen molar-refractivity contribution in [2.24, 2.45) is 5.92 Å². The average Bonchev–Trinajstić information content (AvgIpc) is 2.40. The number of nitrogens with one attached hydrogen (secondary N) is 1. The first-order valence-corrected chi connectivity index (χ1v) is 6.50. The molecule has 9 heteroatoms. The highest BCUT2D eigenvalue weighted by molar-refractivity contribution is 5.95. The summed E-state index contributed by atoms with van der Waals surface area (Å²) in [5.74, 6) is -0.501. The number of nitro benzene ring substituents is 1. The Morgan fingerprint density at radius 3 is 2.55 bits per heavy atom. The van der Waals surface area contributed by atoms with Crippen molar-refractivity contribution in [3.8, 4) is 0 Å². The molecule has 1 amide bonds. The summed E-state index contributed by atoms with van der Waals surface area (Å²) in [5, 5.41) is 13.2. The van der Waals surface area contributed by atoms with Gasteiger partial charge in [-0.2, -0.15) is 13.2 Å². The maximum absolute atomic E-state index is 12.7. The molecule has 1 aliphatic rings. The normalized spacial score (nSPS) is 16.2. The third-order valence-corrected chi connectivity index (χ3v) is 3.41. The van der Waals surface area contributed by atoms with Crippen LogP contribution in [0.15, 0.2) is 18.2 Å². The summed E-state index contributed by atoms with van der Waals surface area (Å²) in [5.41, 5.74) is -2.34. The molecule has 0 aliphatic carbocycles. The summed E-state index contributed by atoms with van der Waals surface area (Å²) in [6, 6.07) is 1.88.